The molecule has 2 N–H and O–H groups in total. The van der Waals surface area contributed by atoms with E-state index in [9.17, 15) is 19.2 Å². The highest BCUT2D eigenvalue weighted by Crippen LogP contribution is 2.45. The van der Waals surface area contributed by atoms with E-state index in [1.165, 1.54) is 7.11 Å². The summed E-state index contributed by atoms with van der Waals surface area (Å²) in [6.07, 6.45) is 0.698. The Morgan fingerprint density at radius 3 is 2.62 bits per heavy atom. The predicted molar refractivity (Wildman–Crippen MR) is 88.2 cm³/mol. The molecule has 1 saturated heterocycles. The quantitative estimate of drug-likeness (QED) is 0.742. The van der Waals surface area contributed by atoms with Gasteiger partial charge in [0.2, 0.25) is 5.91 Å². The molecule has 1 aromatic rings. The van der Waals surface area contributed by atoms with Gasteiger partial charge >= 0.3 is 5.97 Å². The molecule has 8 heteroatoms. The van der Waals surface area contributed by atoms with Crippen LogP contribution in [0.3, 0.4) is 0 Å². The molecule has 1 spiro atoms. The average Bonchev–Trinajstić information content (AvgIpc) is 2.65. The number of fused-ring (bicyclic) bond motifs is 2. The number of aliphatic carboxylic acids is 1. The summed E-state index contributed by atoms with van der Waals surface area (Å²) < 4.78 is 10.6. The van der Waals surface area contributed by atoms with E-state index in [4.69, 9.17) is 14.6 Å². The number of hydrogen-bond acceptors (Lipinski definition) is 6. The molecule has 1 amide bonds. The Hall–Kier alpha value is -2.74. The molecule has 138 valence electrons. The van der Waals surface area contributed by atoms with Crippen LogP contribution in [-0.2, 0) is 24.5 Å². The fourth-order valence-electron chi connectivity index (χ4n) is 3.68. The number of rotatable bonds is 4. The highest BCUT2D eigenvalue weighted by atomic mass is 16.5. The third-order valence-corrected chi connectivity index (χ3v) is 5.03. The maximum Gasteiger partial charge on any atom is 0.322 e. The van der Waals surface area contributed by atoms with Crippen molar-refractivity contribution < 1.29 is 33.8 Å². The maximum absolute atomic E-state index is 13.2. The normalized spacial score (nSPS) is 21.2. The van der Waals surface area contributed by atoms with E-state index in [0.29, 0.717) is 42.9 Å². The fourth-order valence-corrected chi connectivity index (χ4v) is 3.68. The van der Waals surface area contributed by atoms with Crippen LogP contribution in [0.4, 0.5) is 0 Å². The molecule has 0 radical (unpaired) electrons. The van der Waals surface area contributed by atoms with Crippen LogP contribution < -0.4 is 10.1 Å². The topological polar surface area (TPSA) is 119 Å². The molecule has 1 aromatic carbocycles. The summed E-state index contributed by atoms with van der Waals surface area (Å²) in [6.45, 7) is 0.0154. The van der Waals surface area contributed by atoms with E-state index in [-0.39, 0.29) is 0 Å². The maximum atomic E-state index is 13.2. The summed E-state index contributed by atoms with van der Waals surface area (Å²) in [6, 6.07) is 4.82. The van der Waals surface area contributed by atoms with Crippen LogP contribution in [0.2, 0.25) is 0 Å². The first-order valence-electron chi connectivity index (χ1n) is 8.25. The van der Waals surface area contributed by atoms with Gasteiger partial charge in [-0.05, 0) is 36.6 Å². The van der Waals surface area contributed by atoms with Gasteiger partial charge in [-0.3, -0.25) is 19.2 Å². The first kappa shape index (κ1) is 18.1. The summed E-state index contributed by atoms with van der Waals surface area (Å²) in [5.74, 6) is -4.28. The van der Waals surface area contributed by atoms with E-state index in [1.54, 1.807) is 18.2 Å². The van der Waals surface area contributed by atoms with Crippen molar-refractivity contribution in [2.75, 3.05) is 26.9 Å². The van der Waals surface area contributed by atoms with E-state index < -0.39 is 41.3 Å². The third kappa shape index (κ3) is 2.86. The van der Waals surface area contributed by atoms with Gasteiger partial charge in [0.25, 0.3) is 0 Å². The van der Waals surface area contributed by atoms with Gasteiger partial charge < -0.3 is 19.9 Å². The highest BCUT2D eigenvalue weighted by Gasteiger charge is 2.54. The van der Waals surface area contributed by atoms with E-state index in [2.05, 4.69) is 5.32 Å². The molecular weight excluding hydrogens is 342 g/mol. The Morgan fingerprint density at radius 2 is 2.00 bits per heavy atom. The Labute approximate surface area is 149 Å². The number of nitrogens with one attached hydrogen (secondary N) is 1. The standard InChI is InChI=1S/C18H19NO7/c1-25-10-2-3-11-12(8-10)18(4-6-26-7-5-18)16(23)14(15(11)22)17(24)19-9-13(20)21/h2-3,8,14H,4-7,9H2,1H3,(H,19,24)(H,20,21). The van der Waals surface area contributed by atoms with Crippen LogP contribution in [0.25, 0.3) is 0 Å². The van der Waals surface area contributed by atoms with E-state index in [1.807, 2.05) is 0 Å². The Morgan fingerprint density at radius 1 is 1.31 bits per heavy atom. The van der Waals surface area contributed by atoms with Gasteiger partial charge in [-0.15, -0.1) is 0 Å². The molecule has 1 unspecified atom stereocenters. The number of carbonyl (C=O) groups is 4. The summed E-state index contributed by atoms with van der Waals surface area (Å²) in [5.41, 5.74) is -0.165. The first-order chi connectivity index (χ1) is 12.4. The number of hydrogen-bond donors (Lipinski definition) is 2. The lowest BCUT2D eigenvalue weighted by Gasteiger charge is -2.42. The van der Waals surface area contributed by atoms with Gasteiger partial charge in [0, 0.05) is 18.8 Å². The lowest BCUT2D eigenvalue weighted by atomic mass is 9.61. The molecule has 1 aliphatic heterocycles. The van der Waals surface area contributed by atoms with Gasteiger partial charge in [-0.1, -0.05) is 0 Å². The molecule has 1 fully saturated rings. The second-order valence-electron chi connectivity index (χ2n) is 6.38. The van der Waals surface area contributed by atoms with Crippen molar-refractivity contribution >= 4 is 23.4 Å². The average molecular weight is 361 g/mol. The van der Waals surface area contributed by atoms with E-state index in [0.717, 1.165) is 0 Å². The van der Waals surface area contributed by atoms with Crippen LogP contribution >= 0.6 is 0 Å². The van der Waals surface area contributed by atoms with Gasteiger partial charge in [0.1, 0.15) is 12.3 Å². The summed E-state index contributed by atoms with van der Waals surface area (Å²) in [7, 11) is 1.49. The summed E-state index contributed by atoms with van der Waals surface area (Å²) in [4.78, 5) is 49.2. The second kappa shape index (κ2) is 6.87. The first-order valence-corrected chi connectivity index (χ1v) is 8.25. The molecule has 0 aromatic heterocycles. The Balaban J connectivity index is 2.08. The van der Waals surface area contributed by atoms with Gasteiger partial charge in [-0.25, -0.2) is 0 Å². The fraction of sp³-hybridized carbons (Fsp3) is 0.444. The number of benzene rings is 1. The molecule has 1 atom stereocenters. The zero-order valence-corrected chi connectivity index (χ0v) is 14.2. The zero-order valence-electron chi connectivity index (χ0n) is 14.2. The molecule has 0 saturated carbocycles. The summed E-state index contributed by atoms with van der Waals surface area (Å²) in [5, 5.41) is 10.9. The summed E-state index contributed by atoms with van der Waals surface area (Å²) >= 11 is 0. The predicted octanol–water partition coefficient (Wildman–Crippen LogP) is 0.326. The number of carboxylic acid groups (broad SMARTS) is 1. The molecule has 0 bridgehead atoms. The number of Topliss-reactive ketones (excluding diaryl/α,β-unsaturated/α-hetero) is 2. The lowest BCUT2D eigenvalue weighted by Crippen LogP contribution is -2.55. The Kier molecular flexibility index (Phi) is 4.78. The molecule has 26 heavy (non-hydrogen) atoms. The smallest absolute Gasteiger partial charge is 0.322 e. The lowest BCUT2D eigenvalue weighted by molar-refractivity contribution is -0.142. The van der Waals surface area contributed by atoms with Crippen LogP contribution in [0.15, 0.2) is 18.2 Å². The number of ketones is 2. The van der Waals surface area contributed by atoms with Crippen LogP contribution in [0, 0.1) is 5.92 Å². The minimum absolute atomic E-state index is 0.294. The van der Waals surface area contributed by atoms with Crippen molar-refractivity contribution in [3.05, 3.63) is 29.3 Å². The minimum atomic E-state index is -1.55. The monoisotopic (exact) mass is 361 g/mol. The van der Waals surface area contributed by atoms with Crippen molar-refractivity contribution in [2.45, 2.75) is 18.3 Å². The van der Waals surface area contributed by atoms with Crippen molar-refractivity contribution in [2.24, 2.45) is 5.92 Å². The van der Waals surface area contributed by atoms with Crippen LogP contribution in [0.1, 0.15) is 28.8 Å². The molecular formula is C18H19NO7. The molecule has 8 nitrogen and oxygen atoms in total. The molecule has 3 rings (SSSR count). The number of methoxy groups -OCH3 is 1. The molecule has 2 aliphatic rings. The van der Waals surface area contributed by atoms with Crippen molar-refractivity contribution in [3.63, 3.8) is 0 Å². The van der Waals surface area contributed by atoms with Crippen LogP contribution in [-0.4, -0.2) is 55.4 Å². The number of amides is 1. The van der Waals surface area contributed by atoms with Gasteiger partial charge in [0.05, 0.1) is 12.5 Å². The van der Waals surface area contributed by atoms with Crippen molar-refractivity contribution in [3.8, 4) is 5.75 Å². The molecule has 1 aliphatic carbocycles. The zero-order chi connectivity index (χ0) is 18.9. The van der Waals surface area contributed by atoms with Crippen molar-refractivity contribution in [1.29, 1.82) is 0 Å². The largest absolute Gasteiger partial charge is 0.497 e. The third-order valence-electron chi connectivity index (χ3n) is 5.03. The number of ether oxygens (including phenoxy) is 2. The van der Waals surface area contributed by atoms with Crippen molar-refractivity contribution in [1.82, 2.24) is 5.32 Å². The second-order valence-corrected chi connectivity index (χ2v) is 6.38. The van der Waals surface area contributed by atoms with Crippen LogP contribution in [0.5, 0.6) is 5.75 Å². The number of carbonyl (C=O) groups excluding carboxylic acids is 3. The Bertz CT molecular complexity index is 780. The van der Waals surface area contributed by atoms with E-state index >= 15 is 0 Å². The van der Waals surface area contributed by atoms with Gasteiger partial charge in [-0.2, -0.15) is 0 Å². The van der Waals surface area contributed by atoms with Gasteiger partial charge in [0.15, 0.2) is 17.5 Å². The SMILES string of the molecule is COc1ccc2c(c1)C1(CCOCC1)C(=O)C(C(=O)NCC(=O)O)C2=O. The highest BCUT2D eigenvalue weighted by molar-refractivity contribution is 6.29. The number of carboxylic acids is 1. The molecule has 1 heterocycles. The minimum Gasteiger partial charge on any atom is -0.497 e.